The van der Waals surface area contributed by atoms with Crippen molar-refractivity contribution in [2.24, 2.45) is 0 Å². The van der Waals surface area contributed by atoms with E-state index in [0.29, 0.717) is 13.1 Å². The minimum Gasteiger partial charge on any atom is -0.841 e. The molecular formula is C53H73N3NiO2Si4. The zero-order chi connectivity index (χ0) is 44.9. The first kappa shape index (κ1) is 49.7. The molecule has 0 spiro atoms. The minimum atomic E-state index is -1.54. The van der Waals surface area contributed by atoms with Crippen LogP contribution < -0.4 is 31.0 Å². The molecule has 63 heavy (non-hydrogen) atoms. The van der Waals surface area contributed by atoms with Gasteiger partial charge in [-0.3, -0.25) is 14.8 Å². The number of likely N-dealkylation sites (tertiary alicyclic amines) is 2. The van der Waals surface area contributed by atoms with Crippen molar-refractivity contribution in [2.75, 3.05) is 13.1 Å². The van der Waals surface area contributed by atoms with Crippen LogP contribution in [0.15, 0.2) is 115 Å². The Morgan fingerprint density at radius 2 is 0.698 bits per heavy atom. The van der Waals surface area contributed by atoms with Crippen LogP contribution >= 0.6 is 0 Å². The Hall–Kier alpha value is -2.77. The molecule has 0 unspecified atom stereocenters. The fraction of sp³-hybridized carbons (Fsp3) is 0.453. The second-order valence-corrected chi connectivity index (χ2v) is 43.0. The van der Waals surface area contributed by atoms with E-state index in [1.165, 1.54) is 20.7 Å². The van der Waals surface area contributed by atoms with Crippen molar-refractivity contribution in [3.05, 3.63) is 149 Å². The fourth-order valence-corrected chi connectivity index (χ4v) is 14.7. The van der Waals surface area contributed by atoms with Gasteiger partial charge in [0.1, 0.15) is 0 Å². The van der Waals surface area contributed by atoms with Gasteiger partial charge in [0.15, 0.2) is 0 Å². The summed E-state index contributed by atoms with van der Waals surface area (Å²) in [5.74, 6) is 0. The van der Waals surface area contributed by atoms with Crippen molar-refractivity contribution in [3.63, 3.8) is 0 Å². The predicted octanol–water partition coefficient (Wildman–Crippen LogP) is 7.80. The minimum absolute atomic E-state index is 0. The SMILES string of the molecule is C[Si](C)(C)c1ccc(C([O-])(c2ccc([Si](C)(C)C)cc2)[C@@H]2CCCN2Cc2cccc(CN3CCC[C@H]3C([O-])(c3ccc([Si](C)(C)C)cc3)c3ccc([Si](C)(C)C)cc3)n2)cc1.[Ni+2]. The van der Waals surface area contributed by atoms with Gasteiger partial charge < -0.3 is 10.2 Å². The van der Waals surface area contributed by atoms with Crippen molar-refractivity contribution < 1.29 is 26.7 Å². The van der Waals surface area contributed by atoms with Crippen LogP contribution in [0, 0.1) is 0 Å². The Morgan fingerprint density at radius 1 is 0.444 bits per heavy atom. The van der Waals surface area contributed by atoms with Crippen LogP contribution in [0.25, 0.3) is 0 Å². The van der Waals surface area contributed by atoms with Crippen molar-refractivity contribution in [3.8, 4) is 0 Å². The average molecular weight is 955 g/mol. The van der Waals surface area contributed by atoms with Crippen LogP contribution in [0.4, 0.5) is 0 Å². The molecule has 5 aromatic rings. The Labute approximate surface area is 394 Å². The summed E-state index contributed by atoms with van der Waals surface area (Å²) >= 11 is 0. The molecule has 0 saturated carbocycles. The molecule has 2 atom stereocenters. The van der Waals surface area contributed by atoms with E-state index in [2.05, 4.69) is 204 Å². The van der Waals surface area contributed by atoms with Gasteiger partial charge in [0.25, 0.3) is 0 Å². The van der Waals surface area contributed by atoms with Gasteiger partial charge in [-0.1, -0.05) is 225 Å². The van der Waals surface area contributed by atoms with Crippen LogP contribution in [0.2, 0.25) is 78.6 Å². The normalized spacial score (nSPS) is 18.4. The topological polar surface area (TPSA) is 65.5 Å². The molecule has 0 N–H and O–H groups in total. The fourth-order valence-electron chi connectivity index (χ4n) is 10.0. The molecule has 4 aromatic carbocycles. The number of hydrogen-bond donors (Lipinski definition) is 0. The van der Waals surface area contributed by atoms with Gasteiger partial charge >= 0.3 is 16.5 Å². The van der Waals surface area contributed by atoms with Crippen LogP contribution in [0.5, 0.6) is 0 Å². The number of rotatable bonds is 14. The van der Waals surface area contributed by atoms with E-state index < -0.39 is 43.5 Å². The van der Waals surface area contributed by atoms with E-state index in [1.807, 2.05) is 0 Å². The first-order valence-corrected chi connectivity index (χ1v) is 37.3. The van der Waals surface area contributed by atoms with Crippen LogP contribution in [-0.2, 0) is 40.8 Å². The van der Waals surface area contributed by atoms with Gasteiger partial charge in [0.2, 0.25) is 0 Å². The summed E-state index contributed by atoms with van der Waals surface area (Å²) in [4.78, 5) is 10.1. The number of hydrogen-bond acceptors (Lipinski definition) is 5. The summed E-state index contributed by atoms with van der Waals surface area (Å²) in [6.07, 6.45) is 3.64. The Kier molecular flexibility index (Phi) is 14.9. The monoisotopic (exact) mass is 953 g/mol. The number of benzene rings is 4. The smallest absolute Gasteiger partial charge is 0.841 e. The Morgan fingerprint density at radius 3 is 0.937 bits per heavy atom. The predicted molar refractivity (Wildman–Crippen MR) is 270 cm³/mol. The van der Waals surface area contributed by atoms with Gasteiger partial charge in [-0.25, -0.2) is 0 Å². The average Bonchev–Trinajstić information content (AvgIpc) is 3.89. The van der Waals surface area contributed by atoms with Gasteiger partial charge in [0.05, 0.1) is 43.7 Å². The molecule has 2 aliphatic rings. The molecule has 0 bridgehead atoms. The van der Waals surface area contributed by atoms with E-state index in [1.54, 1.807) is 0 Å². The standard InChI is InChI=1S/C53H73N3O2Si4.Ni/c1-59(2,3)46-28-20-40(21-29-46)52(57,41-22-30-47(31-23-41)60(4,5)6)50-18-14-36-55(50)38-44-16-13-17-45(54-44)39-56-37-15-19-51(56)53(58,42-24-32-48(33-25-42)61(7,8)9)43-26-34-49(35-27-43)62(10,11)12;/h13,16-17,20-35,50-51H,14-15,18-19,36-39H2,1-12H3;/q-2;+2/t50-,51-;/m0./s1. The summed E-state index contributed by atoms with van der Waals surface area (Å²) in [5.41, 5.74) is 2.52. The summed E-state index contributed by atoms with van der Waals surface area (Å²) in [7, 11) is -6.16. The molecular weight excluding hydrogens is 882 g/mol. The van der Waals surface area contributed by atoms with E-state index in [4.69, 9.17) is 4.98 Å². The largest absolute Gasteiger partial charge is 2.00 e. The zero-order valence-electron chi connectivity index (χ0n) is 40.3. The van der Waals surface area contributed by atoms with Crippen LogP contribution in [0.1, 0.15) is 59.3 Å². The number of nitrogens with zero attached hydrogens (tertiary/aromatic N) is 3. The van der Waals surface area contributed by atoms with Crippen molar-refractivity contribution in [2.45, 2.75) is 141 Å². The molecule has 2 fully saturated rings. The Bertz CT molecular complexity index is 2020. The maximum absolute atomic E-state index is 16.0. The zero-order valence-corrected chi connectivity index (χ0v) is 45.2. The molecule has 2 aliphatic heterocycles. The second-order valence-electron chi connectivity index (χ2n) is 22.7. The van der Waals surface area contributed by atoms with Gasteiger partial charge in [0, 0.05) is 25.2 Å². The number of aromatic nitrogens is 1. The molecule has 0 amide bonds. The summed E-state index contributed by atoms with van der Waals surface area (Å²) in [6, 6.07) is 40.8. The van der Waals surface area contributed by atoms with E-state index >= 15 is 10.2 Å². The molecule has 1 aromatic heterocycles. The summed E-state index contributed by atoms with van der Waals surface area (Å²) < 4.78 is 0. The first-order chi connectivity index (χ1) is 29.0. The molecule has 0 radical (unpaired) electrons. The van der Waals surface area contributed by atoms with Gasteiger partial charge in [-0.15, -0.1) is 0 Å². The third kappa shape index (κ3) is 10.6. The maximum Gasteiger partial charge on any atom is 2.00 e. The second kappa shape index (κ2) is 18.8. The third-order valence-electron chi connectivity index (χ3n) is 14.0. The van der Waals surface area contributed by atoms with Crippen LogP contribution in [-0.4, -0.2) is 72.3 Å². The van der Waals surface area contributed by atoms with Crippen LogP contribution in [0.3, 0.4) is 0 Å². The van der Waals surface area contributed by atoms with Crippen molar-refractivity contribution >= 4 is 53.0 Å². The molecule has 2 saturated heterocycles. The molecule has 338 valence electrons. The van der Waals surface area contributed by atoms with E-state index in [0.717, 1.165) is 72.4 Å². The van der Waals surface area contributed by atoms with Crippen molar-refractivity contribution in [1.29, 1.82) is 0 Å². The third-order valence-corrected chi connectivity index (χ3v) is 22.2. The maximum atomic E-state index is 16.0. The van der Waals surface area contributed by atoms with Crippen molar-refractivity contribution in [1.82, 2.24) is 14.8 Å². The van der Waals surface area contributed by atoms with Gasteiger partial charge in [-0.05, 0) is 62.1 Å². The number of pyridine rings is 1. The first-order valence-electron chi connectivity index (χ1n) is 23.3. The van der Waals surface area contributed by atoms with Gasteiger partial charge in [-0.2, -0.15) is 0 Å². The Balaban J connectivity index is 0.00000661. The molecule has 10 heteroatoms. The summed E-state index contributed by atoms with van der Waals surface area (Å²) in [6.45, 7) is 31.3. The van der Waals surface area contributed by atoms with E-state index in [-0.39, 0.29) is 28.6 Å². The molecule has 3 heterocycles. The molecule has 7 rings (SSSR count). The molecule has 0 aliphatic carbocycles. The quantitative estimate of drug-likeness (QED) is 0.107. The molecule has 5 nitrogen and oxygen atoms in total. The summed E-state index contributed by atoms with van der Waals surface area (Å²) in [5, 5.41) is 37.4. The van der Waals surface area contributed by atoms with E-state index in [9.17, 15) is 0 Å².